The summed E-state index contributed by atoms with van der Waals surface area (Å²) >= 11 is 4.08. The number of rotatable bonds is 2. The van der Waals surface area contributed by atoms with Gasteiger partial charge in [0.1, 0.15) is 5.82 Å². The average molecular weight is 389 g/mol. The standard InChI is InChI=1S/C16H17FN2O.C2H6.CH4S.K/c1-20-15-12-10-16(18,8-6-11(12)7-9-19-15)13-4-2-3-5-14(13)17;2*1-2;/h2-5,7,9H,6,8,10,18H2,1H3;1-2H3;2H,1H3;/q;;;+1/p-1/t16-;;;/m1.../s1. The molecular formula is C19H26FKN2OS. The first-order valence-electron chi connectivity index (χ1n) is 8.09. The zero-order valence-corrected chi connectivity index (χ0v) is 19.7. The number of fused-ring (bicyclic) bond motifs is 1. The summed E-state index contributed by atoms with van der Waals surface area (Å²) in [6.07, 6.45) is 5.39. The number of aryl methyl sites for hydroxylation is 1. The van der Waals surface area contributed by atoms with Gasteiger partial charge in [-0.25, -0.2) is 9.37 Å². The fourth-order valence-electron chi connectivity index (χ4n) is 2.97. The quantitative estimate of drug-likeness (QED) is 0.610. The predicted octanol–water partition coefficient (Wildman–Crippen LogP) is 0.766. The van der Waals surface area contributed by atoms with Gasteiger partial charge in [0.15, 0.2) is 0 Å². The molecule has 2 N–H and O–H groups in total. The molecule has 1 aliphatic carbocycles. The van der Waals surface area contributed by atoms with Crippen LogP contribution >= 0.6 is 0 Å². The van der Waals surface area contributed by atoms with E-state index in [0.29, 0.717) is 24.3 Å². The number of hydrogen-bond acceptors (Lipinski definition) is 4. The van der Waals surface area contributed by atoms with Crippen molar-refractivity contribution in [2.24, 2.45) is 5.73 Å². The van der Waals surface area contributed by atoms with Crippen molar-refractivity contribution in [3.8, 4) is 5.88 Å². The fraction of sp³-hybridized carbons (Fsp3) is 0.421. The van der Waals surface area contributed by atoms with E-state index < -0.39 is 5.54 Å². The maximum atomic E-state index is 14.1. The van der Waals surface area contributed by atoms with E-state index in [1.54, 1.807) is 31.7 Å². The molecule has 1 aliphatic rings. The Hall–Kier alpha value is 0.0464. The van der Waals surface area contributed by atoms with Gasteiger partial charge in [0.25, 0.3) is 0 Å². The third-order valence-electron chi connectivity index (χ3n) is 4.05. The molecule has 2 aromatic rings. The molecule has 6 heteroatoms. The molecule has 25 heavy (non-hydrogen) atoms. The van der Waals surface area contributed by atoms with Gasteiger partial charge in [0.05, 0.1) is 7.11 Å². The summed E-state index contributed by atoms with van der Waals surface area (Å²) in [6.45, 7) is 4.00. The van der Waals surface area contributed by atoms with E-state index in [2.05, 4.69) is 17.6 Å². The fourth-order valence-corrected chi connectivity index (χ4v) is 2.97. The molecule has 0 radical (unpaired) electrons. The van der Waals surface area contributed by atoms with Crippen LogP contribution in [0, 0.1) is 5.82 Å². The summed E-state index contributed by atoms with van der Waals surface area (Å²) in [7, 11) is 1.60. The Labute approximate surface area is 198 Å². The molecule has 0 unspecified atom stereocenters. The molecule has 0 fully saturated rings. The summed E-state index contributed by atoms with van der Waals surface area (Å²) in [5, 5.41) is 0. The zero-order valence-electron chi connectivity index (χ0n) is 15.8. The van der Waals surface area contributed by atoms with Gasteiger partial charge >= 0.3 is 51.4 Å². The van der Waals surface area contributed by atoms with Gasteiger partial charge in [-0.05, 0) is 30.5 Å². The van der Waals surface area contributed by atoms with Gasteiger partial charge < -0.3 is 23.1 Å². The molecule has 1 aromatic carbocycles. The van der Waals surface area contributed by atoms with Crippen molar-refractivity contribution in [3.05, 3.63) is 59.0 Å². The Kier molecular flexibility index (Phi) is 12.5. The second-order valence-electron chi connectivity index (χ2n) is 5.27. The number of pyridine rings is 1. The van der Waals surface area contributed by atoms with Gasteiger partial charge in [0, 0.05) is 29.3 Å². The van der Waals surface area contributed by atoms with Gasteiger partial charge in [0.2, 0.25) is 5.88 Å². The van der Waals surface area contributed by atoms with Crippen molar-refractivity contribution >= 4 is 12.6 Å². The second kappa shape index (κ2) is 12.4. The van der Waals surface area contributed by atoms with Crippen LogP contribution in [0.5, 0.6) is 5.88 Å². The van der Waals surface area contributed by atoms with Crippen LogP contribution in [0.1, 0.15) is 37.0 Å². The van der Waals surface area contributed by atoms with Crippen molar-refractivity contribution in [1.82, 2.24) is 4.98 Å². The number of nitrogens with two attached hydrogens (primary N) is 1. The minimum Gasteiger partial charge on any atom is -0.796 e. The Morgan fingerprint density at radius 3 is 2.44 bits per heavy atom. The first-order valence-corrected chi connectivity index (χ1v) is 8.91. The molecule has 1 aromatic heterocycles. The first kappa shape index (κ1) is 25.0. The Morgan fingerprint density at radius 2 is 1.84 bits per heavy atom. The van der Waals surface area contributed by atoms with Crippen molar-refractivity contribution in [3.63, 3.8) is 0 Å². The molecule has 0 saturated heterocycles. The van der Waals surface area contributed by atoms with E-state index in [4.69, 9.17) is 10.5 Å². The van der Waals surface area contributed by atoms with Crippen LogP contribution in [0.3, 0.4) is 0 Å². The van der Waals surface area contributed by atoms with E-state index in [1.807, 2.05) is 26.0 Å². The van der Waals surface area contributed by atoms with Gasteiger partial charge in [-0.3, -0.25) is 0 Å². The predicted molar refractivity (Wildman–Crippen MR) is 99.7 cm³/mol. The van der Waals surface area contributed by atoms with Crippen molar-refractivity contribution < 1.29 is 60.5 Å². The van der Waals surface area contributed by atoms with E-state index in [0.717, 1.165) is 12.0 Å². The molecule has 1 atom stereocenters. The molecule has 3 rings (SSSR count). The first-order chi connectivity index (χ1) is 11.6. The molecule has 0 amide bonds. The third kappa shape index (κ3) is 6.02. The van der Waals surface area contributed by atoms with Gasteiger partial charge in [-0.1, -0.05) is 32.0 Å². The number of nitrogens with zero attached hydrogens (tertiary/aromatic N) is 1. The molecule has 3 nitrogen and oxygen atoms in total. The second-order valence-corrected chi connectivity index (χ2v) is 5.27. The van der Waals surface area contributed by atoms with E-state index in [9.17, 15) is 4.39 Å². The molecular weight excluding hydrogens is 362 g/mol. The Bertz CT molecular complexity index is 643. The summed E-state index contributed by atoms with van der Waals surface area (Å²) in [5.74, 6) is 0.342. The van der Waals surface area contributed by atoms with Gasteiger partial charge in [-0.15, -0.1) is 0 Å². The van der Waals surface area contributed by atoms with Crippen molar-refractivity contribution in [2.45, 2.75) is 38.6 Å². The molecule has 0 aliphatic heterocycles. The summed E-state index contributed by atoms with van der Waals surface area (Å²) in [6, 6.07) is 8.71. The third-order valence-corrected chi connectivity index (χ3v) is 4.05. The monoisotopic (exact) mass is 388 g/mol. The smallest absolute Gasteiger partial charge is 0.796 e. The van der Waals surface area contributed by atoms with Crippen molar-refractivity contribution in [1.29, 1.82) is 0 Å². The van der Waals surface area contributed by atoms with Crippen LogP contribution in [0.25, 0.3) is 0 Å². The minimum absolute atomic E-state index is 0. The number of methoxy groups -OCH3 is 1. The Morgan fingerprint density at radius 1 is 1.20 bits per heavy atom. The average Bonchev–Trinajstić information content (AvgIpc) is 2.65. The van der Waals surface area contributed by atoms with Gasteiger partial charge in [-0.2, -0.15) is 6.26 Å². The summed E-state index contributed by atoms with van der Waals surface area (Å²) < 4.78 is 19.4. The van der Waals surface area contributed by atoms with E-state index >= 15 is 0 Å². The van der Waals surface area contributed by atoms with Crippen molar-refractivity contribution in [2.75, 3.05) is 13.4 Å². The Balaban J connectivity index is 0.00000108. The van der Waals surface area contributed by atoms with Crippen LogP contribution < -0.4 is 61.9 Å². The summed E-state index contributed by atoms with van der Waals surface area (Å²) in [5.41, 5.74) is 8.54. The zero-order chi connectivity index (χ0) is 18.2. The number of aromatic nitrogens is 1. The number of hydrogen-bond donors (Lipinski definition) is 1. The minimum atomic E-state index is -0.700. The van der Waals surface area contributed by atoms with Crippen LogP contribution in [0.2, 0.25) is 0 Å². The molecule has 1 heterocycles. The number of ether oxygens (including phenoxy) is 1. The maximum absolute atomic E-state index is 14.1. The SMILES string of the molecule is CC.COc1nccc2c1C[C@@](N)(c1ccccc1F)CC2.C[S-].[K+]. The largest absolute Gasteiger partial charge is 1.00 e. The molecule has 0 bridgehead atoms. The van der Waals surface area contributed by atoms with Crippen LogP contribution in [-0.4, -0.2) is 18.3 Å². The van der Waals surface area contributed by atoms with Crippen LogP contribution in [0.4, 0.5) is 4.39 Å². The topological polar surface area (TPSA) is 48.1 Å². The summed E-state index contributed by atoms with van der Waals surface area (Å²) in [4.78, 5) is 4.22. The van der Waals surface area contributed by atoms with Crippen LogP contribution in [-0.2, 0) is 31.0 Å². The van der Waals surface area contributed by atoms with E-state index in [-0.39, 0.29) is 57.2 Å². The molecule has 0 spiro atoms. The molecule has 132 valence electrons. The normalized spacial score (nSPS) is 17.6. The maximum Gasteiger partial charge on any atom is 1.00 e. The van der Waals surface area contributed by atoms with Crippen LogP contribution in [0.15, 0.2) is 36.5 Å². The number of benzene rings is 1. The number of halogens is 1. The van der Waals surface area contributed by atoms with E-state index in [1.165, 1.54) is 11.6 Å². The molecule has 0 saturated carbocycles.